The van der Waals surface area contributed by atoms with E-state index in [2.05, 4.69) is 25.9 Å². The third-order valence-corrected chi connectivity index (χ3v) is 4.14. The van der Waals surface area contributed by atoms with Crippen molar-refractivity contribution in [1.29, 1.82) is 0 Å². The number of urea groups is 1. The van der Waals surface area contributed by atoms with Gasteiger partial charge in [-0.1, -0.05) is 44.2 Å². The highest BCUT2D eigenvalue weighted by molar-refractivity contribution is 5.93. The van der Waals surface area contributed by atoms with Crippen molar-refractivity contribution in [2.45, 2.75) is 26.4 Å². The van der Waals surface area contributed by atoms with Crippen LogP contribution >= 0.6 is 0 Å². The molecule has 0 radical (unpaired) electrons. The van der Waals surface area contributed by atoms with Gasteiger partial charge >= 0.3 is 6.03 Å². The van der Waals surface area contributed by atoms with E-state index in [-0.39, 0.29) is 18.4 Å². The molecule has 2 aromatic carbocycles. The van der Waals surface area contributed by atoms with Gasteiger partial charge in [0.05, 0.1) is 17.6 Å². The maximum absolute atomic E-state index is 12.6. The number of carbonyl (C=O) groups excluding carboxylic acids is 2. The van der Waals surface area contributed by atoms with Gasteiger partial charge in [0.15, 0.2) is 0 Å². The number of nitrogens with zero attached hydrogens (tertiary/aromatic N) is 1. The molecule has 0 aliphatic heterocycles. The largest absolute Gasteiger partial charge is 0.347 e. The Balaban J connectivity index is 1.58. The van der Waals surface area contributed by atoms with Gasteiger partial charge in [-0.2, -0.15) is 0 Å². The second-order valence-electron chi connectivity index (χ2n) is 6.60. The van der Waals surface area contributed by atoms with Crippen molar-refractivity contribution in [3.8, 4) is 0 Å². The Hall–Kier alpha value is -3.35. The Bertz CT molecular complexity index is 887. The molecule has 140 valence electrons. The Labute approximate surface area is 157 Å². The molecule has 3 rings (SSSR count). The lowest BCUT2D eigenvalue weighted by Crippen LogP contribution is -2.50. The van der Waals surface area contributed by atoms with Gasteiger partial charge in [0.2, 0.25) is 5.91 Å². The summed E-state index contributed by atoms with van der Waals surface area (Å²) in [5, 5.41) is 8.30. The molecule has 7 heteroatoms. The molecule has 1 heterocycles. The highest BCUT2D eigenvalue weighted by Crippen LogP contribution is 2.10. The van der Waals surface area contributed by atoms with E-state index < -0.39 is 12.1 Å². The van der Waals surface area contributed by atoms with Crippen LogP contribution in [0.5, 0.6) is 0 Å². The molecule has 1 atom stereocenters. The van der Waals surface area contributed by atoms with E-state index in [1.54, 1.807) is 12.1 Å². The maximum Gasteiger partial charge on any atom is 0.319 e. The molecule has 0 saturated heterocycles. The van der Waals surface area contributed by atoms with E-state index >= 15 is 0 Å². The monoisotopic (exact) mass is 365 g/mol. The van der Waals surface area contributed by atoms with Crippen molar-refractivity contribution in [1.82, 2.24) is 20.6 Å². The molecular formula is C20H23N5O2. The molecule has 1 aromatic heterocycles. The zero-order valence-corrected chi connectivity index (χ0v) is 15.3. The highest BCUT2D eigenvalue weighted by Gasteiger charge is 2.24. The van der Waals surface area contributed by atoms with Crippen LogP contribution in [0.3, 0.4) is 0 Å². The molecule has 3 amide bonds. The molecule has 3 aromatic rings. The van der Waals surface area contributed by atoms with E-state index in [0.717, 1.165) is 11.0 Å². The van der Waals surface area contributed by atoms with Crippen molar-refractivity contribution in [2.75, 3.05) is 5.32 Å². The van der Waals surface area contributed by atoms with Crippen LogP contribution in [0.15, 0.2) is 54.6 Å². The number of H-pyrrole nitrogens is 1. The number of fused-ring (bicyclic) bond motifs is 1. The lowest BCUT2D eigenvalue weighted by molar-refractivity contribution is -0.124. The first kappa shape index (κ1) is 18.4. The van der Waals surface area contributed by atoms with Crippen molar-refractivity contribution in [2.24, 2.45) is 5.92 Å². The van der Waals surface area contributed by atoms with E-state index in [4.69, 9.17) is 0 Å². The fourth-order valence-electron chi connectivity index (χ4n) is 2.74. The van der Waals surface area contributed by atoms with Crippen LogP contribution in [0.4, 0.5) is 10.5 Å². The van der Waals surface area contributed by atoms with Gasteiger partial charge in [-0.25, -0.2) is 9.78 Å². The summed E-state index contributed by atoms with van der Waals surface area (Å²) in [5.41, 5.74) is 2.44. The molecule has 0 bridgehead atoms. The first-order valence-electron chi connectivity index (χ1n) is 8.87. The number of hydrogen-bond donors (Lipinski definition) is 4. The summed E-state index contributed by atoms with van der Waals surface area (Å²) in [6.07, 6.45) is 0. The number of rotatable bonds is 6. The van der Waals surface area contributed by atoms with Crippen LogP contribution in [-0.2, 0) is 11.3 Å². The molecule has 0 saturated carbocycles. The number of aromatic amines is 1. The standard InChI is InChI=1S/C20H23N5O2/c1-13(2)18(25-20(27)22-14-8-4-3-5-9-14)19(26)21-12-17-23-15-10-6-7-11-16(15)24-17/h3-11,13,18H,12H2,1-2H3,(H,21,26)(H,23,24)(H2,22,25,27). The fourth-order valence-corrected chi connectivity index (χ4v) is 2.74. The van der Waals surface area contributed by atoms with E-state index in [1.165, 1.54) is 0 Å². The molecule has 1 unspecified atom stereocenters. The molecule has 0 fully saturated rings. The molecular weight excluding hydrogens is 342 g/mol. The van der Waals surface area contributed by atoms with E-state index in [1.807, 2.05) is 56.3 Å². The fraction of sp³-hybridized carbons (Fsp3) is 0.250. The molecule has 0 spiro atoms. The minimum atomic E-state index is -0.655. The molecule has 0 aliphatic rings. The average molecular weight is 365 g/mol. The number of anilines is 1. The number of carbonyl (C=O) groups is 2. The van der Waals surface area contributed by atoms with Gasteiger partial charge in [-0.05, 0) is 30.2 Å². The van der Waals surface area contributed by atoms with Gasteiger partial charge in [-0.15, -0.1) is 0 Å². The SMILES string of the molecule is CC(C)C(NC(=O)Nc1ccccc1)C(=O)NCc1nc2ccccc2[nH]1. The van der Waals surface area contributed by atoms with E-state index in [9.17, 15) is 9.59 Å². The number of nitrogens with one attached hydrogen (secondary N) is 4. The zero-order chi connectivity index (χ0) is 19.2. The molecule has 7 nitrogen and oxygen atoms in total. The third kappa shape index (κ3) is 4.84. The second-order valence-corrected chi connectivity index (χ2v) is 6.60. The maximum atomic E-state index is 12.6. The van der Waals surface area contributed by atoms with Gasteiger partial charge in [-0.3, -0.25) is 4.79 Å². The number of para-hydroxylation sites is 3. The van der Waals surface area contributed by atoms with Crippen molar-refractivity contribution < 1.29 is 9.59 Å². The van der Waals surface area contributed by atoms with Gasteiger partial charge in [0, 0.05) is 5.69 Å². The van der Waals surface area contributed by atoms with Crippen molar-refractivity contribution >= 4 is 28.7 Å². The summed E-state index contributed by atoms with van der Waals surface area (Å²) < 4.78 is 0. The van der Waals surface area contributed by atoms with Crippen LogP contribution in [0, 0.1) is 5.92 Å². The molecule has 0 aliphatic carbocycles. The molecule has 27 heavy (non-hydrogen) atoms. The summed E-state index contributed by atoms with van der Waals surface area (Å²) in [6, 6.07) is 15.7. The molecule has 4 N–H and O–H groups in total. The minimum absolute atomic E-state index is 0.0674. The number of amides is 3. The summed E-state index contributed by atoms with van der Waals surface area (Å²) >= 11 is 0. The van der Waals surface area contributed by atoms with Crippen molar-refractivity contribution in [3.63, 3.8) is 0 Å². The summed E-state index contributed by atoms with van der Waals surface area (Å²) in [5.74, 6) is 0.344. The summed E-state index contributed by atoms with van der Waals surface area (Å²) in [4.78, 5) is 32.4. The lowest BCUT2D eigenvalue weighted by Gasteiger charge is -2.21. The smallest absolute Gasteiger partial charge is 0.319 e. The predicted octanol–water partition coefficient (Wildman–Crippen LogP) is 3.03. The summed E-state index contributed by atoms with van der Waals surface area (Å²) in [6.45, 7) is 4.03. The summed E-state index contributed by atoms with van der Waals surface area (Å²) in [7, 11) is 0. The van der Waals surface area contributed by atoms with Crippen LogP contribution in [0.1, 0.15) is 19.7 Å². The Morgan fingerprint density at radius 2 is 1.74 bits per heavy atom. The topological polar surface area (TPSA) is 98.9 Å². The first-order valence-corrected chi connectivity index (χ1v) is 8.87. The average Bonchev–Trinajstić information content (AvgIpc) is 3.08. The zero-order valence-electron chi connectivity index (χ0n) is 15.3. The second kappa shape index (κ2) is 8.35. The van der Waals surface area contributed by atoms with Gasteiger partial charge < -0.3 is 20.9 Å². The van der Waals surface area contributed by atoms with Crippen LogP contribution < -0.4 is 16.0 Å². The predicted molar refractivity (Wildman–Crippen MR) is 105 cm³/mol. The van der Waals surface area contributed by atoms with Crippen LogP contribution in [0.25, 0.3) is 11.0 Å². The van der Waals surface area contributed by atoms with Gasteiger partial charge in [0.25, 0.3) is 0 Å². The Kier molecular flexibility index (Phi) is 5.71. The minimum Gasteiger partial charge on any atom is -0.347 e. The number of imidazole rings is 1. The normalized spacial score (nSPS) is 12.0. The van der Waals surface area contributed by atoms with Gasteiger partial charge in [0.1, 0.15) is 11.9 Å². The Morgan fingerprint density at radius 3 is 2.44 bits per heavy atom. The number of aromatic nitrogens is 2. The van der Waals surface area contributed by atoms with Crippen molar-refractivity contribution in [3.05, 3.63) is 60.4 Å². The lowest BCUT2D eigenvalue weighted by atomic mass is 10.0. The Morgan fingerprint density at radius 1 is 1.04 bits per heavy atom. The first-order chi connectivity index (χ1) is 13.0. The quantitative estimate of drug-likeness (QED) is 0.540. The number of hydrogen-bond acceptors (Lipinski definition) is 3. The third-order valence-electron chi connectivity index (χ3n) is 4.14. The highest BCUT2D eigenvalue weighted by atomic mass is 16.2. The van der Waals surface area contributed by atoms with Crippen LogP contribution in [0.2, 0.25) is 0 Å². The van der Waals surface area contributed by atoms with Crippen LogP contribution in [-0.4, -0.2) is 27.9 Å². The van der Waals surface area contributed by atoms with E-state index in [0.29, 0.717) is 11.5 Å². The number of benzene rings is 2.